The molecule has 2 rings (SSSR count). The maximum atomic E-state index is 12.4. The summed E-state index contributed by atoms with van der Waals surface area (Å²) in [6.45, 7) is 5.68. The van der Waals surface area contributed by atoms with Crippen molar-refractivity contribution in [1.29, 1.82) is 0 Å². The molecule has 0 bridgehead atoms. The highest BCUT2D eigenvalue weighted by Crippen LogP contribution is 2.44. The Morgan fingerprint density at radius 3 is 2.64 bits per heavy atom. The zero-order valence-corrected chi connectivity index (χ0v) is 25.0. The summed E-state index contributed by atoms with van der Waals surface area (Å²) in [5.41, 5.74) is 8.04. The molecule has 1 aromatic rings. The van der Waals surface area contributed by atoms with Gasteiger partial charge >= 0.3 is 13.5 Å². The summed E-state index contributed by atoms with van der Waals surface area (Å²) in [5, 5.41) is 4.26. The Bertz CT molecular complexity index is 1080. The summed E-state index contributed by atoms with van der Waals surface area (Å²) in [6.07, 6.45) is 11.8. The monoisotopic (exact) mass is 589 g/mol. The number of aryl methyl sites for hydroxylation is 1. The number of azide groups is 1. The van der Waals surface area contributed by atoms with Crippen LogP contribution in [0.3, 0.4) is 0 Å². The van der Waals surface area contributed by atoms with Crippen molar-refractivity contribution in [3.05, 3.63) is 43.0 Å². The van der Waals surface area contributed by atoms with Gasteiger partial charge in [0.15, 0.2) is 0 Å². The van der Waals surface area contributed by atoms with E-state index in [2.05, 4.69) is 28.9 Å². The average molecular weight is 590 g/mol. The van der Waals surface area contributed by atoms with Crippen molar-refractivity contribution in [3.8, 4) is 0 Å². The molecule has 1 fully saturated rings. The summed E-state index contributed by atoms with van der Waals surface area (Å²) in [4.78, 5) is 39.0. The van der Waals surface area contributed by atoms with Crippen LogP contribution < -0.4 is 11.2 Å². The molecule has 2 heterocycles. The van der Waals surface area contributed by atoms with Gasteiger partial charge < -0.3 is 9.63 Å². The minimum absolute atomic E-state index is 0.0780. The van der Waals surface area contributed by atoms with Crippen LogP contribution in [-0.2, 0) is 18.3 Å². The minimum Gasteiger partial charge on any atom is -0.352 e. The molecular formula is C25H44N5O7PS. The fourth-order valence-electron chi connectivity index (χ4n) is 4.45. The largest absolute Gasteiger partial charge is 0.472 e. The normalized spacial score (nSPS) is 21.4. The van der Waals surface area contributed by atoms with Crippen molar-refractivity contribution in [2.75, 3.05) is 19.0 Å². The molecule has 39 heavy (non-hydrogen) atoms. The third-order valence-corrected chi connectivity index (χ3v) is 9.29. The van der Waals surface area contributed by atoms with Gasteiger partial charge in [-0.05, 0) is 37.5 Å². The smallest absolute Gasteiger partial charge is 0.352 e. The van der Waals surface area contributed by atoms with Crippen LogP contribution in [-0.4, -0.2) is 50.8 Å². The predicted molar refractivity (Wildman–Crippen MR) is 153 cm³/mol. The number of H-pyrrole nitrogens is 1. The average Bonchev–Trinajstić information content (AvgIpc) is 3.30. The van der Waals surface area contributed by atoms with Gasteiger partial charge in [0.05, 0.1) is 25.4 Å². The van der Waals surface area contributed by atoms with E-state index in [0.29, 0.717) is 17.2 Å². The van der Waals surface area contributed by atoms with Crippen LogP contribution >= 0.6 is 19.6 Å². The fraction of sp³-hybridized carbons (Fsp3) is 0.840. The van der Waals surface area contributed by atoms with E-state index in [0.717, 1.165) is 12.2 Å². The first-order valence-corrected chi connectivity index (χ1v) is 16.5. The van der Waals surface area contributed by atoms with E-state index in [-0.39, 0.29) is 19.6 Å². The third-order valence-electron chi connectivity index (χ3n) is 6.74. The van der Waals surface area contributed by atoms with Gasteiger partial charge in [-0.2, -0.15) is 11.8 Å². The molecule has 2 N–H and O–H groups in total. The molecule has 1 saturated heterocycles. The Hall–Kier alpha value is -1.59. The Balaban J connectivity index is 1.72. The van der Waals surface area contributed by atoms with Crippen molar-refractivity contribution in [3.63, 3.8) is 0 Å². The number of hydrogen-bond donors (Lipinski definition) is 2. The Morgan fingerprint density at radius 2 is 1.95 bits per heavy atom. The van der Waals surface area contributed by atoms with Gasteiger partial charge in [-0.15, -0.1) is 0 Å². The standard InChI is InChI=1S/C25H44N5O7PS/c1-4-6-7-8-9-10-11-13-20(5-2)39-15-12-14-35-38(33,34)36-18-22-21(28-29-26)16-23(37-22)30-17-19(3)24(31)27-25(30)32/h17,20-23H,4-16,18H2,1-3H3,(H,33,34)(H,27,31,32)/t20?,21-,22+,23+/m0/s1. The predicted octanol–water partition coefficient (Wildman–Crippen LogP) is 5.99. The zero-order chi connectivity index (χ0) is 28.7. The van der Waals surface area contributed by atoms with E-state index in [4.69, 9.17) is 19.3 Å². The van der Waals surface area contributed by atoms with E-state index < -0.39 is 37.4 Å². The van der Waals surface area contributed by atoms with Crippen LogP contribution in [0.25, 0.3) is 10.4 Å². The summed E-state index contributed by atoms with van der Waals surface area (Å²) < 4.78 is 29.6. The van der Waals surface area contributed by atoms with Gasteiger partial charge in [-0.1, -0.05) is 63.9 Å². The zero-order valence-electron chi connectivity index (χ0n) is 23.3. The quantitative estimate of drug-likeness (QED) is 0.0614. The Labute approximate surface area is 234 Å². The van der Waals surface area contributed by atoms with Crippen LogP contribution in [0, 0.1) is 6.92 Å². The van der Waals surface area contributed by atoms with Crippen LogP contribution in [0.5, 0.6) is 0 Å². The number of nitrogens with zero attached hydrogens (tertiary/aromatic N) is 4. The molecule has 0 saturated carbocycles. The third kappa shape index (κ3) is 12.2. The lowest BCUT2D eigenvalue weighted by Gasteiger charge is -2.19. The number of rotatable bonds is 20. The summed E-state index contributed by atoms with van der Waals surface area (Å²) in [6, 6.07) is -0.738. The number of aromatic amines is 1. The number of unbranched alkanes of at least 4 members (excludes halogenated alkanes) is 6. The molecule has 0 aromatic carbocycles. The van der Waals surface area contributed by atoms with Crippen LogP contribution in [0.15, 0.2) is 20.9 Å². The Morgan fingerprint density at radius 1 is 1.23 bits per heavy atom. The molecule has 14 heteroatoms. The number of nitrogens with one attached hydrogen (secondary N) is 1. The van der Waals surface area contributed by atoms with Crippen molar-refractivity contribution in [2.45, 2.75) is 115 Å². The number of aromatic nitrogens is 2. The lowest BCUT2D eigenvalue weighted by molar-refractivity contribution is -0.0283. The van der Waals surface area contributed by atoms with Gasteiger partial charge in [-0.25, -0.2) is 9.36 Å². The first kappa shape index (κ1) is 33.6. The van der Waals surface area contributed by atoms with Gasteiger partial charge in [0.25, 0.3) is 5.56 Å². The minimum atomic E-state index is -4.35. The second kappa shape index (κ2) is 18.0. The van der Waals surface area contributed by atoms with E-state index >= 15 is 0 Å². The van der Waals surface area contributed by atoms with E-state index in [1.807, 2.05) is 11.8 Å². The number of thioether (sulfide) groups is 1. The lowest BCUT2D eigenvalue weighted by Crippen LogP contribution is -2.33. The molecule has 1 aliphatic rings. The van der Waals surface area contributed by atoms with E-state index in [1.165, 1.54) is 62.1 Å². The van der Waals surface area contributed by atoms with Crippen molar-refractivity contribution < 1.29 is 23.2 Å². The molecule has 222 valence electrons. The molecule has 1 aliphatic heterocycles. The highest BCUT2D eigenvalue weighted by Gasteiger charge is 2.38. The Kier molecular flexibility index (Phi) is 15.5. The number of ether oxygens (including phenoxy) is 1. The molecule has 0 radical (unpaired) electrons. The highest BCUT2D eigenvalue weighted by atomic mass is 32.2. The topological polar surface area (TPSA) is 169 Å². The second-order valence-corrected chi connectivity index (χ2v) is 12.7. The molecule has 12 nitrogen and oxygen atoms in total. The molecule has 0 aliphatic carbocycles. The maximum Gasteiger partial charge on any atom is 0.472 e. The molecule has 5 atom stereocenters. The number of phosphoric ester groups is 1. The number of hydrogen-bond acceptors (Lipinski definition) is 8. The highest BCUT2D eigenvalue weighted by molar-refractivity contribution is 7.99. The number of phosphoric acid groups is 1. The SMILES string of the molecule is CCCCCCCCCC(CC)SCCCOP(=O)(O)OC[C@H]1O[C@@H](n2cc(C)c(=O)[nH]c2=O)C[C@@H]1N=[N+]=[N-]. The van der Waals surface area contributed by atoms with Gasteiger partial charge in [-0.3, -0.25) is 23.4 Å². The van der Waals surface area contributed by atoms with E-state index in [9.17, 15) is 19.0 Å². The van der Waals surface area contributed by atoms with E-state index in [1.54, 1.807) is 6.92 Å². The molecule has 2 unspecified atom stereocenters. The second-order valence-electron chi connectivity index (χ2n) is 9.88. The maximum absolute atomic E-state index is 12.4. The van der Waals surface area contributed by atoms with Crippen LogP contribution in [0.1, 0.15) is 96.3 Å². The van der Waals surface area contributed by atoms with Gasteiger partial charge in [0, 0.05) is 28.3 Å². The van der Waals surface area contributed by atoms with Crippen LogP contribution in [0.4, 0.5) is 0 Å². The lowest BCUT2D eigenvalue weighted by atomic mass is 10.1. The van der Waals surface area contributed by atoms with Crippen LogP contribution in [0.2, 0.25) is 0 Å². The van der Waals surface area contributed by atoms with Gasteiger partial charge in [0.1, 0.15) is 6.23 Å². The summed E-state index contributed by atoms with van der Waals surface area (Å²) in [5.74, 6) is 0.828. The van der Waals surface area contributed by atoms with Crippen molar-refractivity contribution in [1.82, 2.24) is 9.55 Å². The summed E-state index contributed by atoms with van der Waals surface area (Å²) in [7, 11) is -4.35. The molecule has 0 amide bonds. The van der Waals surface area contributed by atoms with Crippen molar-refractivity contribution >= 4 is 19.6 Å². The molecular weight excluding hydrogens is 545 g/mol. The van der Waals surface area contributed by atoms with Gasteiger partial charge in [0.2, 0.25) is 0 Å². The van der Waals surface area contributed by atoms with Crippen molar-refractivity contribution in [2.24, 2.45) is 5.11 Å². The molecule has 1 aromatic heterocycles. The summed E-state index contributed by atoms with van der Waals surface area (Å²) >= 11 is 1.88. The molecule has 0 spiro atoms. The first-order valence-electron chi connectivity index (χ1n) is 14.0. The fourth-order valence-corrected chi connectivity index (χ4v) is 6.41. The first-order chi connectivity index (χ1) is 18.7.